The van der Waals surface area contributed by atoms with Crippen molar-refractivity contribution < 1.29 is 4.79 Å². The van der Waals surface area contributed by atoms with E-state index < -0.39 is 0 Å². The lowest BCUT2D eigenvalue weighted by atomic mass is 9.91. The molecule has 1 fully saturated rings. The van der Waals surface area contributed by atoms with Crippen LogP contribution in [0.15, 0.2) is 24.3 Å². The molecule has 0 aromatic heterocycles. The Labute approximate surface area is 171 Å². The van der Waals surface area contributed by atoms with Gasteiger partial charge >= 0.3 is 0 Å². The van der Waals surface area contributed by atoms with Crippen LogP contribution in [0.5, 0.6) is 0 Å². The number of benzene rings is 1. The highest BCUT2D eigenvalue weighted by Crippen LogP contribution is 2.23. The van der Waals surface area contributed by atoms with Crippen molar-refractivity contribution in [1.82, 2.24) is 10.2 Å². The molecule has 0 radical (unpaired) electrons. The monoisotopic (exact) mass is 403 g/mol. The van der Waals surface area contributed by atoms with E-state index in [2.05, 4.69) is 42.3 Å². The third-order valence-corrected chi connectivity index (χ3v) is 5.11. The van der Waals surface area contributed by atoms with Crippen molar-refractivity contribution in [1.29, 1.82) is 0 Å². The van der Waals surface area contributed by atoms with Crippen molar-refractivity contribution in [2.45, 2.75) is 53.2 Å². The summed E-state index contributed by atoms with van der Waals surface area (Å²) in [5.74, 6) is 1.38. The predicted octanol–water partition coefficient (Wildman–Crippen LogP) is 3.61. The second kappa shape index (κ2) is 11.8. The molecule has 1 saturated heterocycles. The van der Waals surface area contributed by atoms with Gasteiger partial charge in [0.2, 0.25) is 5.91 Å². The third-order valence-electron chi connectivity index (χ3n) is 5.11. The van der Waals surface area contributed by atoms with Gasteiger partial charge in [0.15, 0.2) is 0 Å². The fourth-order valence-electron chi connectivity index (χ4n) is 3.63. The summed E-state index contributed by atoms with van der Waals surface area (Å²) >= 11 is 0. The van der Waals surface area contributed by atoms with Crippen LogP contribution in [0.1, 0.15) is 45.2 Å². The minimum Gasteiger partial charge on any atom is -0.352 e. The molecule has 150 valence electrons. The molecular weight excluding hydrogens is 369 g/mol. The number of rotatable bonds is 6. The lowest BCUT2D eigenvalue weighted by Crippen LogP contribution is -2.39. The van der Waals surface area contributed by atoms with E-state index in [4.69, 9.17) is 5.73 Å². The maximum Gasteiger partial charge on any atom is 0.224 e. The van der Waals surface area contributed by atoms with Gasteiger partial charge in [-0.15, -0.1) is 24.8 Å². The smallest absolute Gasteiger partial charge is 0.224 e. The average Bonchev–Trinajstić information content (AvgIpc) is 2.52. The Balaban J connectivity index is 0.00000312. The Morgan fingerprint density at radius 3 is 2.23 bits per heavy atom. The molecule has 1 aliphatic rings. The number of hydrogen-bond acceptors (Lipinski definition) is 3. The number of halogens is 2. The molecule has 4 unspecified atom stereocenters. The van der Waals surface area contributed by atoms with E-state index in [1.165, 1.54) is 17.5 Å². The van der Waals surface area contributed by atoms with Gasteiger partial charge in [-0.2, -0.15) is 0 Å². The van der Waals surface area contributed by atoms with Crippen molar-refractivity contribution in [3.8, 4) is 0 Å². The second-order valence-corrected chi connectivity index (χ2v) is 7.77. The molecule has 3 N–H and O–H groups in total. The maximum absolute atomic E-state index is 12.1. The van der Waals surface area contributed by atoms with Crippen molar-refractivity contribution in [2.24, 2.45) is 23.5 Å². The lowest BCUT2D eigenvalue weighted by Gasteiger charge is -2.35. The van der Waals surface area contributed by atoms with Crippen LogP contribution in [0.2, 0.25) is 0 Å². The number of nitrogens with zero attached hydrogens (tertiary/aromatic N) is 1. The zero-order chi connectivity index (χ0) is 17.7. The first-order valence-corrected chi connectivity index (χ1v) is 9.19. The SMILES string of the molecule is CC1CC(C)CN(Cc2ccccc2CNC(=O)C(C)C(C)N)C1.Cl.Cl. The van der Waals surface area contributed by atoms with Crippen molar-refractivity contribution in [3.63, 3.8) is 0 Å². The summed E-state index contributed by atoms with van der Waals surface area (Å²) in [6, 6.07) is 8.30. The van der Waals surface area contributed by atoms with Gasteiger partial charge in [-0.25, -0.2) is 0 Å². The number of nitrogens with one attached hydrogen (secondary N) is 1. The second-order valence-electron chi connectivity index (χ2n) is 7.77. The molecule has 0 spiro atoms. The van der Waals surface area contributed by atoms with Gasteiger partial charge < -0.3 is 11.1 Å². The van der Waals surface area contributed by atoms with Crippen LogP contribution in [-0.4, -0.2) is 29.9 Å². The van der Waals surface area contributed by atoms with Gasteiger partial charge in [0.05, 0.1) is 0 Å². The Morgan fingerprint density at radius 2 is 1.69 bits per heavy atom. The van der Waals surface area contributed by atoms with Crippen molar-refractivity contribution >= 4 is 30.7 Å². The maximum atomic E-state index is 12.1. The summed E-state index contributed by atoms with van der Waals surface area (Å²) in [5, 5.41) is 3.04. The quantitative estimate of drug-likeness (QED) is 0.762. The van der Waals surface area contributed by atoms with Gasteiger partial charge in [0.1, 0.15) is 0 Å². The van der Waals surface area contributed by atoms with Crippen LogP contribution in [0.25, 0.3) is 0 Å². The highest BCUT2D eigenvalue weighted by molar-refractivity contribution is 5.85. The average molecular weight is 404 g/mol. The summed E-state index contributed by atoms with van der Waals surface area (Å²) in [6.45, 7) is 12.3. The van der Waals surface area contributed by atoms with Crippen LogP contribution in [-0.2, 0) is 17.9 Å². The van der Waals surface area contributed by atoms with E-state index in [1.54, 1.807) is 0 Å². The van der Waals surface area contributed by atoms with Crippen molar-refractivity contribution in [3.05, 3.63) is 35.4 Å². The third kappa shape index (κ3) is 7.43. The number of amides is 1. The van der Waals surface area contributed by atoms with Gasteiger partial charge in [-0.05, 0) is 36.3 Å². The minimum absolute atomic E-state index is 0. The molecule has 0 aliphatic carbocycles. The van der Waals surface area contributed by atoms with E-state index in [0.29, 0.717) is 6.54 Å². The highest BCUT2D eigenvalue weighted by atomic mass is 35.5. The zero-order valence-electron chi connectivity index (χ0n) is 16.4. The summed E-state index contributed by atoms with van der Waals surface area (Å²) in [7, 11) is 0. The fourth-order valence-corrected chi connectivity index (χ4v) is 3.63. The first kappa shape index (κ1) is 25.2. The molecule has 26 heavy (non-hydrogen) atoms. The van der Waals surface area contributed by atoms with E-state index in [-0.39, 0.29) is 42.7 Å². The Hall–Kier alpha value is -0.810. The van der Waals surface area contributed by atoms with Gasteiger partial charge in [-0.3, -0.25) is 9.69 Å². The molecule has 2 rings (SSSR count). The lowest BCUT2D eigenvalue weighted by molar-refractivity contribution is -0.125. The standard InChI is InChI=1S/C20H33N3O.2ClH/c1-14-9-15(2)12-23(11-14)13-19-8-6-5-7-18(19)10-22-20(24)16(3)17(4)21;;/h5-8,14-17H,9-13,21H2,1-4H3,(H,22,24);2*1H. The number of carbonyl (C=O) groups excluding carboxylic acids is 1. The molecule has 4 atom stereocenters. The zero-order valence-corrected chi connectivity index (χ0v) is 18.0. The minimum atomic E-state index is -0.166. The van der Waals surface area contributed by atoms with E-state index in [1.807, 2.05) is 19.9 Å². The topological polar surface area (TPSA) is 58.4 Å². The van der Waals surface area contributed by atoms with Crippen LogP contribution >= 0.6 is 24.8 Å². The summed E-state index contributed by atoms with van der Waals surface area (Å²) < 4.78 is 0. The van der Waals surface area contributed by atoms with E-state index >= 15 is 0 Å². The van der Waals surface area contributed by atoms with Crippen LogP contribution < -0.4 is 11.1 Å². The molecule has 1 amide bonds. The molecule has 1 heterocycles. The number of nitrogens with two attached hydrogens (primary N) is 1. The molecule has 1 aliphatic heterocycles. The molecule has 1 aromatic carbocycles. The fraction of sp³-hybridized carbons (Fsp3) is 0.650. The van der Waals surface area contributed by atoms with Crippen LogP contribution in [0.3, 0.4) is 0 Å². The predicted molar refractivity (Wildman–Crippen MR) is 114 cm³/mol. The molecule has 0 bridgehead atoms. The molecular formula is C20H35Cl2N3O. The largest absolute Gasteiger partial charge is 0.352 e. The van der Waals surface area contributed by atoms with Gasteiger partial charge in [-0.1, -0.05) is 45.0 Å². The van der Waals surface area contributed by atoms with E-state index in [9.17, 15) is 4.79 Å². The summed E-state index contributed by atoms with van der Waals surface area (Å²) in [6.07, 6.45) is 1.32. The molecule has 1 aromatic rings. The molecule has 4 nitrogen and oxygen atoms in total. The Bertz CT molecular complexity index is 544. The molecule has 0 saturated carbocycles. The number of carbonyl (C=O) groups is 1. The van der Waals surface area contributed by atoms with Gasteiger partial charge in [0, 0.05) is 38.1 Å². The summed E-state index contributed by atoms with van der Waals surface area (Å²) in [5.41, 5.74) is 8.33. The normalized spacial score (nSPS) is 22.5. The number of likely N-dealkylation sites (tertiary alicyclic amines) is 1. The Morgan fingerprint density at radius 1 is 1.15 bits per heavy atom. The molecule has 6 heteroatoms. The number of piperidine rings is 1. The van der Waals surface area contributed by atoms with E-state index in [0.717, 1.165) is 31.5 Å². The van der Waals surface area contributed by atoms with Gasteiger partial charge in [0.25, 0.3) is 0 Å². The first-order chi connectivity index (χ1) is 11.4. The Kier molecular flexibility index (Phi) is 11.4. The first-order valence-electron chi connectivity index (χ1n) is 9.19. The summed E-state index contributed by atoms with van der Waals surface area (Å²) in [4.78, 5) is 14.7. The van der Waals surface area contributed by atoms with Crippen molar-refractivity contribution in [2.75, 3.05) is 13.1 Å². The number of hydrogen-bond donors (Lipinski definition) is 2. The highest BCUT2D eigenvalue weighted by Gasteiger charge is 2.22. The van der Waals surface area contributed by atoms with Crippen LogP contribution in [0.4, 0.5) is 0 Å². The van der Waals surface area contributed by atoms with Crippen LogP contribution in [0, 0.1) is 17.8 Å².